The van der Waals surface area contributed by atoms with Gasteiger partial charge in [0.25, 0.3) is 0 Å². The molecular weight excluding hydrogens is 374 g/mol. The Morgan fingerprint density at radius 3 is 2.79 bits per heavy atom. The molecule has 124 valence electrons. The molecule has 1 aromatic carbocycles. The third-order valence-electron chi connectivity index (χ3n) is 3.58. The summed E-state index contributed by atoms with van der Waals surface area (Å²) >= 11 is 3.48. The second kappa shape index (κ2) is 7.11. The Balaban J connectivity index is 2.20. The Hall–Kier alpha value is -2.25. The van der Waals surface area contributed by atoms with Crippen molar-refractivity contribution < 1.29 is 14.3 Å². The number of fused-ring (bicyclic) bond motifs is 1. The van der Waals surface area contributed by atoms with E-state index in [9.17, 15) is 4.79 Å². The summed E-state index contributed by atoms with van der Waals surface area (Å²) in [7, 11) is 2.98. The number of rotatable bonds is 5. The highest BCUT2D eigenvalue weighted by Crippen LogP contribution is 2.25. The van der Waals surface area contributed by atoms with Crippen molar-refractivity contribution in [2.45, 2.75) is 6.42 Å². The second-order valence-corrected chi connectivity index (χ2v) is 6.06. The lowest BCUT2D eigenvalue weighted by molar-refractivity contribution is 0.0602. The quantitative estimate of drug-likeness (QED) is 0.627. The SMILES string of the molecule is COCCc1nc2c(C(=O)OC)ccc(-c3cccc(Br)c3)n2n1. The van der Waals surface area contributed by atoms with Gasteiger partial charge in [0.1, 0.15) is 5.56 Å². The predicted octanol–water partition coefficient (Wildman–Crippen LogP) is 3.13. The summed E-state index contributed by atoms with van der Waals surface area (Å²) in [4.78, 5) is 16.5. The van der Waals surface area contributed by atoms with Gasteiger partial charge in [-0.15, -0.1) is 0 Å². The molecule has 3 aromatic rings. The number of nitrogens with zero attached hydrogens (tertiary/aromatic N) is 3. The van der Waals surface area contributed by atoms with E-state index >= 15 is 0 Å². The molecule has 24 heavy (non-hydrogen) atoms. The molecule has 0 aliphatic rings. The maximum absolute atomic E-state index is 12.0. The summed E-state index contributed by atoms with van der Waals surface area (Å²) in [6, 6.07) is 11.4. The number of benzene rings is 1. The molecule has 6 nitrogen and oxygen atoms in total. The van der Waals surface area contributed by atoms with Crippen LogP contribution < -0.4 is 0 Å². The molecule has 0 amide bonds. The third-order valence-corrected chi connectivity index (χ3v) is 4.08. The fourth-order valence-electron chi connectivity index (χ4n) is 2.44. The summed E-state index contributed by atoms with van der Waals surface area (Å²) in [6.07, 6.45) is 0.566. The number of carbonyl (C=O) groups is 1. The molecule has 0 bridgehead atoms. The van der Waals surface area contributed by atoms with Crippen LogP contribution in [0.3, 0.4) is 0 Å². The van der Waals surface area contributed by atoms with Crippen LogP contribution in [0.25, 0.3) is 16.9 Å². The van der Waals surface area contributed by atoms with E-state index in [2.05, 4.69) is 26.0 Å². The van der Waals surface area contributed by atoms with Crippen LogP contribution >= 0.6 is 15.9 Å². The van der Waals surface area contributed by atoms with Crippen molar-refractivity contribution in [1.29, 1.82) is 0 Å². The summed E-state index contributed by atoms with van der Waals surface area (Å²) < 4.78 is 12.6. The lowest BCUT2D eigenvalue weighted by Gasteiger charge is -2.07. The number of aromatic nitrogens is 3. The zero-order valence-electron chi connectivity index (χ0n) is 13.3. The number of carbonyl (C=O) groups excluding carboxylic acids is 1. The number of pyridine rings is 1. The van der Waals surface area contributed by atoms with E-state index in [-0.39, 0.29) is 0 Å². The van der Waals surface area contributed by atoms with Gasteiger partial charge >= 0.3 is 5.97 Å². The van der Waals surface area contributed by atoms with Crippen molar-refractivity contribution in [3.05, 3.63) is 52.3 Å². The van der Waals surface area contributed by atoms with E-state index in [0.717, 1.165) is 15.7 Å². The molecule has 0 radical (unpaired) electrons. The van der Waals surface area contributed by atoms with Gasteiger partial charge in [-0.2, -0.15) is 5.10 Å². The second-order valence-electron chi connectivity index (χ2n) is 5.14. The highest BCUT2D eigenvalue weighted by atomic mass is 79.9. The standard InChI is InChI=1S/C17H16BrN3O3/c1-23-9-8-15-19-16-13(17(22)24-2)6-7-14(21(16)20-15)11-4-3-5-12(18)10-11/h3-7,10H,8-9H2,1-2H3. The minimum absolute atomic E-state index is 0.382. The predicted molar refractivity (Wildman–Crippen MR) is 93.0 cm³/mol. The van der Waals surface area contributed by atoms with Gasteiger partial charge in [-0.1, -0.05) is 28.1 Å². The number of halogens is 1. The number of esters is 1. The average Bonchev–Trinajstić information content (AvgIpc) is 3.02. The van der Waals surface area contributed by atoms with Crippen LogP contribution in [-0.4, -0.2) is 41.4 Å². The monoisotopic (exact) mass is 389 g/mol. The van der Waals surface area contributed by atoms with E-state index in [4.69, 9.17) is 9.47 Å². The van der Waals surface area contributed by atoms with E-state index in [0.29, 0.717) is 30.1 Å². The van der Waals surface area contributed by atoms with Crippen molar-refractivity contribution in [3.8, 4) is 11.3 Å². The first-order chi connectivity index (χ1) is 11.6. The van der Waals surface area contributed by atoms with Gasteiger partial charge in [-0.25, -0.2) is 14.3 Å². The Morgan fingerprint density at radius 2 is 2.08 bits per heavy atom. The lowest BCUT2D eigenvalue weighted by atomic mass is 10.1. The van der Waals surface area contributed by atoms with Crippen molar-refractivity contribution >= 4 is 27.5 Å². The topological polar surface area (TPSA) is 65.7 Å². The van der Waals surface area contributed by atoms with Crippen molar-refractivity contribution in [2.24, 2.45) is 0 Å². The van der Waals surface area contributed by atoms with Gasteiger partial charge in [0.05, 0.1) is 19.4 Å². The van der Waals surface area contributed by atoms with Gasteiger partial charge in [0.15, 0.2) is 11.5 Å². The molecular formula is C17H16BrN3O3. The van der Waals surface area contributed by atoms with Crippen LogP contribution in [0.1, 0.15) is 16.2 Å². The molecule has 0 unspecified atom stereocenters. The highest BCUT2D eigenvalue weighted by Gasteiger charge is 2.18. The van der Waals surface area contributed by atoms with Crippen LogP contribution in [0.15, 0.2) is 40.9 Å². The Kier molecular flexibility index (Phi) is 4.92. The summed E-state index contributed by atoms with van der Waals surface area (Å²) in [5.41, 5.74) is 2.67. The molecule has 0 aliphatic carbocycles. The molecule has 0 saturated heterocycles. The first kappa shape index (κ1) is 16.6. The molecule has 0 aliphatic heterocycles. The summed E-state index contributed by atoms with van der Waals surface area (Å²) in [6.45, 7) is 0.511. The maximum atomic E-state index is 12.0. The summed E-state index contributed by atoms with van der Waals surface area (Å²) in [5, 5.41) is 4.54. The molecule has 0 N–H and O–H groups in total. The average molecular weight is 390 g/mol. The number of hydrogen-bond acceptors (Lipinski definition) is 5. The Bertz CT molecular complexity index is 892. The fraction of sp³-hybridized carbons (Fsp3) is 0.235. The van der Waals surface area contributed by atoms with E-state index in [1.54, 1.807) is 17.7 Å². The van der Waals surface area contributed by atoms with Gasteiger partial charge < -0.3 is 9.47 Å². The molecule has 0 fully saturated rings. The van der Waals surface area contributed by atoms with Gasteiger partial charge in [0, 0.05) is 23.6 Å². The van der Waals surface area contributed by atoms with E-state index < -0.39 is 5.97 Å². The Morgan fingerprint density at radius 1 is 1.25 bits per heavy atom. The zero-order valence-corrected chi connectivity index (χ0v) is 14.9. The molecule has 2 aromatic heterocycles. The van der Waals surface area contributed by atoms with Crippen LogP contribution in [0.4, 0.5) is 0 Å². The van der Waals surface area contributed by atoms with Crippen LogP contribution in [-0.2, 0) is 15.9 Å². The van der Waals surface area contributed by atoms with Crippen LogP contribution in [0, 0.1) is 0 Å². The number of ether oxygens (including phenoxy) is 2. The molecule has 7 heteroatoms. The first-order valence-electron chi connectivity index (χ1n) is 7.36. The molecule has 0 saturated carbocycles. The molecule has 0 spiro atoms. The van der Waals surface area contributed by atoms with E-state index in [1.807, 2.05) is 30.3 Å². The first-order valence-corrected chi connectivity index (χ1v) is 8.15. The zero-order chi connectivity index (χ0) is 17.1. The number of hydrogen-bond donors (Lipinski definition) is 0. The van der Waals surface area contributed by atoms with Crippen molar-refractivity contribution in [3.63, 3.8) is 0 Å². The van der Waals surface area contributed by atoms with E-state index in [1.165, 1.54) is 7.11 Å². The molecule has 0 atom stereocenters. The number of methoxy groups -OCH3 is 2. The molecule has 2 heterocycles. The lowest BCUT2D eigenvalue weighted by Crippen LogP contribution is -2.06. The maximum Gasteiger partial charge on any atom is 0.341 e. The van der Waals surface area contributed by atoms with Crippen LogP contribution in [0.5, 0.6) is 0 Å². The largest absolute Gasteiger partial charge is 0.465 e. The summed E-state index contributed by atoms with van der Waals surface area (Å²) in [5.74, 6) is 0.177. The van der Waals surface area contributed by atoms with Crippen molar-refractivity contribution in [1.82, 2.24) is 14.6 Å². The smallest absolute Gasteiger partial charge is 0.341 e. The highest BCUT2D eigenvalue weighted by molar-refractivity contribution is 9.10. The van der Waals surface area contributed by atoms with Crippen molar-refractivity contribution in [2.75, 3.05) is 20.8 Å². The Labute approximate surface area is 147 Å². The fourth-order valence-corrected chi connectivity index (χ4v) is 2.84. The van der Waals surface area contributed by atoms with Gasteiger partial charge in [-0.3, -0.25) is 0 Å². The normalized spacial score (nSPS) is 11.0. The third kappa shape index (κ3) is 3.18. The van der Waals surface area contributed by atoms with Gasteiger partial charge in [-0.05, 0) is 24.3 Å². The van der Waals surface area contributed by atoms with Crippen LogP contribution in [0.2, 0.25) is 0 Å². The minimum Gasteiger partial charge on any atom is -0.465 e. The minimum atomic E-state index is -0.438. The van der Waals surface area contributed by atoms with Gasteiger partial charge in [0.2, 0.25) is 0 Å². The molecule has 3 rings (SSSR count).